The van der Waals surface area contributed by atoms with Crippen molar-refractivity contribution in [2.24, 2.45) is 0 Å². The lowest BCUT2D eigenvalue weighted by molar-refractivity contribution is -0.135. The van der Waals surface area contributed by atoms with Gasteiger partial charge >= 0.3 is 23.9 Å². The monoisotopic (exact) mass is 857 g/mol. The number of hydrogen-bond donors (Lipinski definition) is 2. The van der Waals surface area contributed by atoms with Crippen LogP contribution in [0.4, 0.5) is 0 Å². The second-order valence-electron chi connectivity index (χ2n) is 20.6. The summed E-state index contributed by atoms with van der Waals surface area (Å²) in [6.07, 6.45) is 10.3. The average Bonchev–Trinajstić information content (AvgIpc) is 3.12. The molecule has 62 heavy (non-hydrogen) atoms. The lowest BCUT2D eigenvalue weighted by Gasteiger charge is -2.47. The van der Waals surface area contributed by atoms with E-state index in [2.05, 4.69) is 93.0 Å². The summed E-state index contributed by atoms with van der Waals surface area (Å²) in [6.45, 7) is 32.4. The van der Waals surface area contributed by atoms with Crippen molar-refractivity contribution in [3.63, 3.8) is 0 Å². The Labute approximate surface area is 372 Å². The highest BCUT2D eigenvalue weighted by Crippen LogP contribution is 2.46. The van der Waals surface area contributed by atoms with E-state index in [0.717, 1.165) is 73.6 Å². The Balaban J connectivity index is 1.32. The minimum absolute atomic E-state index is 0.107. The number of carbonyl (C=O) groups is 4. The number of unbranched alkanes of at least 4 members (excludes halogenated alkanes) is 5. The van der Waals surface area contributed by atoms with Crippen LogP contribution in [-0.2, 0) is 32.0 Å². The molecule has 0 bridgehead atoms. The molecule has 0 saturated carbocycles. The van der Waals surface area contributed by atoms with Crippen LogP contribution in [0.2, 0.25) is 0 Å². The Hall–Kier alpha value is -4.28. The molecule has 2 aliphatic rings. The van der Waals surface area contributed by atoms with E-state index in [0.29, 0.717) is 59.8 Å². The first-order valence-corrected chi connectivity index (χ1v) is 22.9. The van der Waals surface area contributed by atoms with Gasteiger partial charge < -0.3 is 29.6 Å². The first-order valence-electron chi connectivity index (χ1n) is 22.9. The SMILES string of the molecule is C=C(C)C(=O)Oc1cc(OC(=O)CCCCCCCCC(=O)Oc2cc(OC(=O)C(=C)C)cc(C3CC(C)(C)NC(C)(C)C3)c2CC)c(CC)c(C2CC(C)(C)NC(C)(C)C2)c1. The zero-order chi connectivity index (χ0) is 46.2. The van der Waals surface area contributed by atoms with Crippen molar-refractivity contribution >= 4 is 23.9 Å². The highest BCUT2D eigenvalue weighted by Gasteiger charge is 2.41. The summed E-state index contributed by atoms with van der Waals surface area (Å²) >= 11 is 0. The molecule has 0 spiro atoms. The molecule has 0 aromatic heterocycles. The van der Waals surface area contributed by atoms with Crippen LogP contribution in [0.1, 0.15) is 194 Å². The second-order valence-corrected chi connectivity index (χ2v) is 20.6. The van der Waals surface area contributed by atoms with Crippen molar-refractivity contribution in [3.8, 4) is 23.0 Å². The summed E-state index contributed by atoms with van der Waals surface area (Å²) in [5, 5.41) is 7.49. The van der Waals surface area contributed by atoms with Crippen LogP contribution < -0.4 is 29.6 Å². The highest BCUT2D eigenvalue weighted by molar-refractivity contribution is 5.89. The van der Waals surface area contributed by atoms with Gasteiger partial charge in [-0.3, -0.25) is 9.59 Å². The minimum atomic E-state index is -0.519. The van der Waals surface area contributed by atoms with Gasteiger partial charge in [0.15, 0.2) is 0 Å². The van der Waals surface area contributed by atoms with Gasteiger partial charge in [0.1, 0.15) is 23.0 Å². The summed E-state index contributed by atoms with van der Waals surface area (Å²) in [6, 6.07) is 7.21. The number of esters is 4. The molecule has 2 heterocycles. The quantitative estimate of drug-likeness (QED) is 0.0609. The van der Waals surface area contributed by atoms with Gasteiger partial charge in [-0.1, -0.05) is 52.7 Å². The fourth-order valence-corrected chi connectivity index (χ4v) is 10.1. The number of ether oxygens (including phenoxy) is 4. The molecule has 2 fully saturated rings. The second kappa shape index (κ2) is 20.9. The van der Waals surface area contributed by atoms with Gasteiger partial charge in [-0.05, 0) is 167 Å². The predicted molar refractivity (Wildman–Crippen MR) is 247 cm³/mol. The number of hydrogen-bond acceptors (Lipinski definition) is 10. The van der Waals surface area contributed by atoms with Crippen molar-refractivity contribution < 1.29 is 38.1 Å². The van der Waals surface area contributed by atoms with Crippen LogP contribution in [0, 0.1) is 0 Å². The molecule has 0 amide bonds. The minimum Gasteiger partial charge on any atom is -0.426 e. The molecular formula is C52H76N2O8. The lowest BCUT2D eigenvalue weighted by atomic mass is 9.72. The molecule has 2 N–H and O–H groups in total. The summed E-state index contributed by atoms with van der Waals surface area (Å²) < 4.78 is 23.5. The Morgan fingerprint density at radius 3 is 1.13 bits per heavy atom. The van der Waals surface area contributed by atoms with Crippen molar-refractivity contribution in [3.05, 3.63) is 70.8 Å². The summed E-state index contributed by atoms with van der Waals surface area (Å²) in [5.74, 6) is 0.277. The van der Waals surface area contributed by atoms with Crippen molar-refractivity contribution in [2.75, 3.05) is 0 Å². The Bertz CT molecular complexity index is 1820. The average molecular weight is 857 g/mol. The van der Waals surface area contributed by atoms with E-state index in [9.17, 15) is 19.2 Å². The van der Waals surface area contributed by atoms with Crippen LogP contribution in [0.15, 0.2) is 48.6 Å². The first-order chi connectivity index (χ1) is 28.8. The Morgan fingerprint density at radius 2 is 0.839 bits per heavy atom. The van der Waals surface area contributed by atoms with E-state index in [1.165, 1.54) is 0 Å². The van der Waals surface area contributed by atoms with Crippen LogP contribution in [0.3, 0.4) is 0 Å². The van der Waals surface area contributed by atoms with Crippen molar-refractivity contribution in [1.29, 1.82) is 0 Å². The maximum absolute atomic E-state index is 13.3. The molecule has 2 aliphatic heterocycles. The fraction of sp³-hybridized carbons (Fsp3) is 0.615. The van der Waals surface area contributed by atoms with Crippen LogP contribution in [-0.4, -0.2) is 46.0 Å². The van der Waals surface area contributed by atoms with Gasteiger partial charge in [0.05, 0.1) is 0 Å². The molecule has 10 heteroatoms. The third-order valence-electron chi connectivity index (χ3n) is 12.0. The van der Waals surface area contributed by atoms with Gasteiger partial charge in [-0.15, -0.1) is 0 Å². The highest BCUT2D eigenvalue weighted by atomic mass is 16.6. The smallest absolute Gasteiger partial charge is 0.338 e. The van der Waals surface area contributed by atoms with Gasteiger partial charge in [0.2, 0.25) is 0 Å². The first kappa shape index (κ1) is 50.4. The van der Waals surface area contributed by atoms with E-state index in [1.54, 1.807) is 26.0 Å². The van der Waals surface area contributed by atoms with Crippen LogP contribution >= 0.6 is 0 Å². The number of nitrogens with one attached hydrogen (secondary N) is 2. The van der Waals surface area contributed by atoms with E-state index in [1.807, 2.05) is 12.1 Å². The third kappa shape index (κ3) is 14.6. The number of benzene rings is 2. The van der Waals surface area contributed by atoms with Crippen molar-refractivity contribution in [1.82, 2.24) is 10.6 Å². The molecule has 0 radical (unpaired) electrons. The third-order valence-corrected chi connectivity index (χ3v) is 12.0. The van der Waals surface area contributed by atoms with Crippen LogP contribution in [0.5, 0.6) is 23.0 Å². The lowest BCUT2D eigenvalue weighted by Crippen LogP contribution is -2.57. The number of carbonyl (C=O) groups excluding carboxylic acids is 4. The molecule has 0 aliphatic carbocycles. The molecule has 342 valence electrons. The molecule has 0 unspecified atom stereocenters. The topological polar surface area (TPSA) is 129 Å². The molecular weight excluding hydrogens is 781 g/mol. The fourth-order valence-electron chi connectivity index (χ4n) is 10.1. The summed E-state index contributed by atoms with van der Waals surface area (Å²) in [4.78, 5) is 51.6. The zero-order valence-electron chi connectivity index (χ0n) is 40.0. The zero-order valence-corrected chi connectivity index (χ0v) is 40.0. The number of piperidine rings is 2. The largest absolute Gasteiger partial charge is 0.426 e. The molecule has 2 aromatic carbocycles. The van der Waals surface area contributed by atoms with E-state index in [-0.39, 0.29) is 58.8 Å². The summed E-state index contributed by atoms with van der Waals surface area (Å²) in [5.41, 5.74) is 4.18. The van der Waals surface area contributed by atoms with Gasteiger partial charge in [-0.2, -0.15) is 0 Å². The standard InChI is InChI=1S/C52H76N2O8/c1-15-39-41(35-29-49(7,8)53-50(9,10)30-35)25-37(59-47(57)33(3)4)27-43(39)61-45(55)23-21-19-17-18-20-22-24-46(56)62-44-28-38(60-48(58)34(5)6)26-42(40(44)16-2)36-31-51(11,12)54-52(13,14)32-36/h25-28,35-36,53-54H,3,5,15-24,29-32H2,1-2,4,6-14H3. The Morgan fingerprint density at radius 1 is 0.532 bits per heavy atom. The normalized spacial score (nSPS) is 18.1. The molecule has 10 nitrogen and oxygen atoms in total. The van der Waals surface area contributed by atoms with E-state index < -0.39 is 11.9 Å². The maximum Gasteiger partial charge on any atom is 0.338 e. The molecule has 4 rings (SSSR count). The van der Waals surface area contributed by atoms with Crippen LogP contribution in [0.25, 0.3) is 0 Å². The predicted octanol–water partition coefficient (Wildman–Crippen LogP) is 11.5. The van der Waals surface area contributed by atoms with Gasteiger partial charge in [0.25, 0.3) is 0 Å². The Kier molecular flexibility index (Phi) is 17.0. The van der Waals surface area contributed by atoms with Gasteiger partial charge in [-0.25, -0.2) is 9.59 Å². The van der Waals surface area contributed by atoms with E-state index in [4.69, 9.17) is 18.9 Å². The molecule has 2 aromatic rings. The molecule has 0 atom stereocenters. The van der Waals surface area contributed by atoms with Crippen molar-refractivity contribution in [2.45, 2.75) is 207 Å². The summed E-state index contributed by atoms with van der Waals surface area (Å²) in [7, 11) is 0. The molecule has 2 saturated heterocycles. The van der Waals surface area contributed by atoms with E-state index >= 15 is 0 Å². The maximum atomic E-state index is 13.3. The van der Waals surface area contributed by atoms with Gasteiger partial charge in [0, 0.05) is 58.3 Å². The number of rotatable bonds is 19.